The molecule has 0 saturated carbocycles. The summed E-state index contributed by atoms with van der Waals surface area (Å²) in [6.45, 7) is 5.07. The minimum absolute atomic E-state index is 0.0140. The van der Waals surface area contributed by atoms with Crippen molar-refractivity contribution in [2.45, 2.75) is 31.2 Å². The van der Waals surface area contributed by atoms with Crippen LogP contribution in [0.15, 0.2) is 29.3 Å². The number of rotatable bonds is 4. The van der Waals surface area contributed by atoms with Crippen LogP contribution in [0.2, 0.25) is 5.02 Å². The number of carbonyl (C=O) groups excluding carboxylic acids is 1. The molecule has 0 aliphatic carbocycles. The van der Waals surface area contributed by atoms with Crippen molar-refractivity contribution in [3.05, 3.63) is 46.7 Å². The zero-order valence-corrected chi connectivity index (χ0v) is 16.1. The largest absolute Gasteiger partial charge is 0.345 e. The molecule has 1 aromatic carbocycles. The SMILES string of the molecule is Cn1cc(S(=O)(=O)NC(C)(C)C)cc1C(=O)Nc1cc(F)c(F)c(Cl)c1. The third-order valence-electron chi connectivity index (χ3n) is 3.21. The number of sulfonamides is 1. The molecular weight excluding hydrogens is 388 g/mol. The molecule has 0 bridgehead atoms. The third kappa shape index (κ3) is 4.60. The van der Waals surface area contributed by atoms with Crippen LogP contribution in [0.5, 0.6) is 0 Å². The van der Waals surface area contributed by atoms with Gasteiger partial charge in [-0.05, 0) is 32.9 Å². The van der Waals surface area contributed by atoms with Gasteiger partial charge in [0.15, 0.2) is 11.6 Å². The molecule has 1 heterocycles. The zero-order valence-electron chi connectivity index (χ0n) is 14.5. The van der Waals surface area contributed by atoms with Crippen molar-refractivity contribution in [1.29, 1.82) is 0 Å². The first-order valence-electron chi connectivity index (χ1n) is 7.46. The molecule has 0 spiro atoms. The minimum atomic E-state index is -3.83. The first-order chi connectivity index (χ1) is 11.8. The van der Waals surface area contributed by atoms with Gasteiger partial charge in [0.05, 0.1) is 5.02 Å². The van der Waals surface area contributed by atoms with Crippen LogP contribution in [0.4, 0.5) is 14.5 Å². The first kappa shape index (κ1) is 20.3. The van der Waals surface area contributed by atoms with Gasteiger partial charge in [-0.25, -0.2) is 21.9 Å². The summed E-state index contributed by atoms with van der Waals surface area (Å²) < 4.78 is 55.1. The maximum atomic E-state index is 13.4. The molecule has 0 fully saturated rings. The number of amides is 1. The van der Waals surface area contributed by atoms with Gasteiger partial charge < -0.3 is 9.88 Å². The summed E-state index contributed by atoms with van der Waals surface area (Å²) in [6.07, 6.45) is 1.28. The molecule has 1 aromatic heterocycles. The van der Waals surface area contributed by atoms with E-state index in [2.05, 4.69) is 10.0 Å². The molecule has 0 radical (unpaired) electrons. The van der Waals surface area contributed by atoms with Gasteiger partial charge in [-0.1, -0.05) is 11.6 Å². The highest BCUT2D eigenvalue weighted by molar-refractivity contribution is 7.89. The predicted octanol–water partition coefficient (Wildman–Crippen LogP) is 3.29. The van der Waals surface area contributed by atoms with Gasteiger partial charge in [0.2, 0.25) is 10.0 Å². The van der Waals surface area contributed by atoms with Crippen molar-refractivity contribution in [2.24, 2.45) is 7.05 Å². The molecule has 1 amide bonds. The van der Waals surface area contributed by atoms with Crippen LogP contribution >= 0.6 is 11.6 Å². The van der Waals surface area contributed by atoms with Gasteiger partial charge in [-0.2, -0.15) is 0 Å². The lowest BCUT2D eigenvalue weighted by atomic mass is 10.1. The Morgan fingerprint density at radius 3 is 2.35 bits per heavy atom. The number of benzene rings is 1. The van der Waals surface area contributed by atoms with Gasteiger partial charge in [0, 0.05) is 30.5 Å². The summed E-state index contributed by atoms with van der Waals surface area (Å²) in [5.41, 5.74) is -0.739. The van der Waals surface area contributed by atoms with Crippen LogP contribution in [0, 0.1) is 11.6 Å². The van der Waals surface area contributed by atoms with Crippen molar-refractivity contribution in [2.75, 3.05) is 5.32 Å². The van der Waals surface area contributed by atoms with E-state index in [1.165, 1.54) is 23.9 Å². The quantitative estimate of drug-likeness (QED) is 0.766. The van der Waals surface area contributed by atoms with E-state index in [1.54, 1.807) is 20.8 Å². The number of aromatic nitrogens is 1. The lowest BCUT2D eigenvalue weighted by Gasteiger charge is -2.19. The number of anilines is 1. The predicted molar refractivity (Wildman–Crippen MR) is 94.8 cm³/mol. The second kappa shape index (κ2) is 6.98. The van der Waals surface area contributed by atoms with Gasteiger partial charge in [0.1, 0.15) is 10.6 Å². The fourth-order valence-electron chi connectivity index (χ4n) is 2.19. The molecule has 0 atom stereocenters. The molecule has 0 aliphatic rings. The maximum absolute atomic E-state index is 13.4. The van der Waals surface area contributed by atoms with Gasteiger partial charge >= 0.3 is 0 Å². The molecule has 26 heavy (non-hydrogen) atoms. The van der Waals surface area contributed by atoms with Crippen molar-refractivity contribution in [3.63, 3.8) is 0 Å². The average Bonchev–Trinajstić information content (AvgIpc) is 2.85. The van der Waals surface area contributed by atoms with Gasteiger partial charge in [-0.3, -0.25) is 4.79 Å². The van der Waals surface area contributed by atoms with Crippen LogP contribution in [0.25, 0.3) is 0 Å². The lowest BCUT2D eigenvalue weighted by Crippen LogP contribution is -2.40. The Morgan fingerprint density at radius 1 is 1.19 bits per heavy atom. The first-order valence-corrected chi connectivity index (χ1v) is 9.32. The fraction of sp³-hybridized carbons (Fsp3) is 0.312. The summed E-state index contributed by atoms with van der Waals surface area (Å²) in [7, 11) is -2.34. The van der Waals surface area contributed by atoms with Crippen LogP contribution in [-0.4, -0.2) is 24.4 Å². The van der Waals surface area contributed by atoms with Crippen molar-refractivity contribution in [1.82, 2.24) is 9.29 Å². The highest BCUT2D eigenvalue weighted by atomic mass is 35.5. The van der Waals surface area contributed by atoms with Gasteiger partial charge in [0.25, 0.3) is 5.91 Å². The molecule has 142 valence electrons. The normalized spacial score (nSPS) is 12.3. The maximum Gasteiger partial charge on any atom is 0.272 e. The van der Waals surface area contributed by atoms with Crippen molar-refractivity contribution in [3.8, 4) is 0 Å². The van der Waals surface area contributed by atoms with Gasteiger partial charge in [-0.15, -0.1) is 0 Å². The standard InChI is InChI=1S/C16H18ClF2N3O3S/c1-16(2,3)21-26(24,25)10-7-13(22(4)8-10)15(23)20-9-5-11(17)14(19)12(18)6-9/h5-8,21H,1-4H3,(H,20,23). The number of nitrogens with zero attached hydrogens (tertiary/aromatic N) is 1. The molecule has 2 rings (SSSR count). The smallest absolute Gasteiger partial charge is 0.272 e. The Labute approximate surface area is 155 Å². The Hall–Kier alpha value is -1.97. The highest BCUT2D eigenvalue weighted by Crippen LogP contribution is 2.24. The van der Waals surface area contributed by atoms with Crippen LogP contribution < -0.4 is 10.0 Å². The van der Waals surface area contributed by atoms with E-state index >= 15 is 0 Å². The summed E-state index contributed by atoms with van der Waals surface area (Å²) in [5.74, 6) is -3.13. The summed E-state index contributed by atoms with van der Waals surface area (Å²) in [4.78, 5) is 12.3. The van der Waals surface area contributed by atoms with E-state index in [0.29, 0.717) is 0 Å². The molecular formula is C16H18ClF2N3O3S. The topological polar surface area (TPSA) is 80.2 Å². The molecule has 10 heteroatoms. The second-order valence-corrected chi connectivity index (χ2v) is 8.83. The van der Waals surface area contributed by atoms with Crippen molar-refractivity contribution < 1.29 is 22.0 Å². The number of hydrogen-bond donors (Lipinski definition) is 2. The molecule has 2 aromatic rings. The number of halogens is 3. The Bertz CT molecular complexity index is 943. The molecule has 2 N–H and O–H groups in total. The number of carbonyl (C=O) groups is 1. The van der Waals surface area contributed by atoms with E-state index in [0.717, 1.165) is 12.1 Å². The third-order valence-corrected chi connectivity index (χ3v) is 5.21. The monoisotopic (exact) mass is 405 g/mol. The summed E-state index contributed by atoms with van der Waals surface area (Å²) in [5, 5.41) is 1.87. The lowest BCUT2D eigenvalue weighted by molar-refractivity contribution is 0.101. The van der Waals surface area contributed by atoms with Crippen LogP contribution in [-0.2, 0) is 17.1 Å². The molecule has 0 unspecified atom stereocenters. The summed E-state index contributed by atoms with van der Waals surface area (Å²) in [6, 6.07) is 3.02. The highest BCUT2D eigenvalue weighted by Gasteiger charge is 2.25. The number of aryl methyl sites for hydroxylation is 1. The van der Waals surface area contributed by atoms with Crippen molar-refractivity contribution >= 4 is 33.2 Å². The van der Waals surface area contributed by atoms with Crippen LogP contribution in [0.3, 0.4) is 0 Å². The van der Waals surface area contributed by atoms with E-state index in [-0.39, 0.29) is 16.3 Å². The number of nitrogens with one attached hydrogen (secondary N) is 2. The molecule has 0 saturated heterocycles. The van der Waals surface area contributed by atoms with Crippen LogP contribution in [0.1, 0.15) is 31.3 Å². The Morgan fingerprint density at radius 2 is 1.81 bits per heavy atom. The van der Waals surface area contributed by atoms with E-state index in [9.17, 15) is 22.0 Å². The molecule has 6 nitrogen and oxygen atoms in total. The Balaban J connectivity index is 2.30. The average molecular weight is 406 g/mol. The van der Waals surface area contributed by atoms with E-state index < -0.39 is 38.1 Å². The zero-order chi connectivity index (χ0) is 19.9. The molecule has 0 aliphatic heterocycles. The number of hydrogen-bond acceptors (Lipinski definition) is 3. The Kier molecular flexibility index (Phi) is 5.46. The summed E-state index contributed by atoms with van der Waals surface area (Å²) >= 11 is 5.55. The fourth-order valence-corrected chi connectivity index (χ4v) is 3.89. The van der Waals surface area contributed by atoms with E-state index in [1.807, 2.05) is 0 Å². The second-order valence-electron chi connectivity index (χ2n) is 6.74. The van der Waals surface area contributed by atoms with E-state index in [4.69, 9.17) is 11.6 Å². The minimum Gasteiger partial charge on any atom is -0.345 e.